The average Bonchev–Trinajstić information content (AvgIpc) is 2.72. The van der Waals surface area contributed by atoms with Crippen LogP contribution in [0.2, 0.25) is 0 Å². The Hall–Kier alpha value is -1.78. The lowest BCUT2D eigenvalue weighted by atomic mass is 10.1. The molecule has 0 aliphatic carbocycles. The van der Waals surface area contributed by atoms with Crippen molar-refractivity contribution in [2.24, 2.45) is 20.7 Å². The molecule has 0 radical (unpaired) electrons. The molecule has 0 atom stereocenters. The van der Waals surface area contributed by atoms with Gasteiger partial charge in [-0.2, -0.15) is 0 Å². The van der Waals surface area contributed by atoms with Crippen LogP contribution in [0.3, 0.4) is 0 Å². The SMILES string of the molecule is COc1ccc(CC2N=NN=N2)cc1. The Morgan fingerprint density at radius 3 is 2.36 bits per heavy atom. The van der Waals surface area contributed by atoms with E-state index in [1.807, 2.05) is 24.3 Å². The molecule has 2 rings (SSSR count). The zero-order valence-electron chi connectivity index (χ0n) is 7.79. The summed E-state index contributed by atoms with van der Waals surface area (Å²) < 4.78 is 5.06. The summed E-state index contributed by atoms with van der Waals surface area (Å²) in [6.45, 7) is 0. The van der Waals surface area contributed by atoms with E-state index < -0.39 is 0 Å². The quantitative estimate of drug-likeness (QED) is 0.721. The van der Waals surface area contributed by atoms with E-state index in [2.05, 4.69) is 20.7 Å². The second-order valence-corrected chi connectivity index (χ2v) is 2.94. The number of hydrogen-bond donors (Lipinski definition) is 0. The van der Waals surface area contributed by atoms with Gasteiger partial charge in [-0.05, 0) is 28.1 Å². The molecule has 0 saturated carbocycles. The fraction of sp³-hybridized carbons (Fsp3) is 0.333. The minimum atomic E-state index is -0.150. The fourth-order valence-electron chi connectivity index (χ4n) is 1.24. The van der Waals surface area contributed by atoms with Gasteiger partial charge in [0.05, 0.1) is 7.11 Å². The van der Waals surface area contributed by atoms with Crippen molar-refractivity contribution in [1.82, 2.24) is 0 Å². The van der Waals surface area contributed by atoms with E-state index in [-0.39, 0.29) is 6.17 Å². The molecule has 0 spiro atoms. The first-order chi connectivity index (χ1) is 6.88. The molecule has 1 heterocycles. The summed E-state index contributed by atoms with van der Waals surface area (Å²) in [4.78, 5) is 0. The van der Waals surface area contributed by atoms with Crippen LogP contribution in [-0.4, -0.2) is 13.3 Å². The third kappa shape index (κ3) is 1.93. The standard InChI is InChI=1S/C9H10N4O/c1-14-8-4-2-7(3-5-8)6-9-10-12-13-11-9/h2-5,9H,6H2,1H3. The van der Waals surface area contributed by atoms with Crippen molar-refractivity contribution in [1.29, 1.82) is 0 Å². The molecule has 1 aromatic rings. The summed E-state index contributed by atoms with van der Waals surface area (Å²) in [6, 6.07) is 7.81. The summed E-state index contributed by atoms with van der Waals surface area (Å²) in [6.07, 6.45) is 0.583. The molecule has 72 valence electrons. The third-order valence-corrected chi connectivity index (χ3v) is 1.99. The van der Waals surface area contributed by atoms with Gasteiger partial charge in [0.1, 0.15) is 5.75 Å². The lowest BCUT2D eigenvalue weighted by Crippen LogP contribution is -2.01. The minimum absolute atomic E-state index is 0.150. The zero-order chi connectivity index (χ0) is 9.80. The number of rotatable bonds is 3. The molecule has 0 aromatic heterocycles. The van der Waals surface area contributed by atoms with Gasteiger partial charge in [0.2, 0.25) is 0 Å². The van der Waals surface area contributed by atoms with E-state index in [4.69, 9.17) is 4.74 Å². The van der Waals surface area contributed by atoms with Crippen molar-refractivity contribution in [3.05, 3.63) is 29.8 Å². The first-order valence-corrected chi connectivity index (χ1v) is 4.31. The molecule has 1 aliphatic rings. The zero-order valence-corrected chi connectivity index (χ0v) is 7.79. The highest BCUT2D eigenvalue weighted by molar-refractivity contribution is 5.27. The largest absolute Gasteiger partial charge is 0.497 e. The monoisotopic (exact) mass is 190 g/mol. The summed E-state index contributed by atoms with van der Waals surface area (Å²) in [5, 5.41) is 14.6. The van der Waals surface area contributed by atoms with Gasteiger partial charge < -0.3 is 4.74 Å². The first-order valence-electron chi connectivity index (χ1n) is 4.31. The molecular formula is C9H10N4O. The van der Waals surface area contributed by atoms with Crippen LogP contribution in [0.4, 0.5) is 0 Å². The van der Waals surface area contributed by atoms with E-state index in [9.17, 15) is 0 Å². The Labute approximate surface area is 81.5 Å². The van der Waals surface area contributed by atoms with E-state index in [0.717, 1.165) is 17.7 Å². The lowest BCUT2D eigenvalue weighted by molar-refractivity contribution is 0.414. The van der Waals surface area contributed by atoms with Crippen LogP contribution in [-0.2, 0) is 6.42 Å². The molecule has 0 bridgehead atoms. The summed E-state index contributed by atoms with van der Waals surface area (Å²) in [7, 11) is 1.65. The van der Waals surface area contributed by atoms with Crippen LogP contribution < -0.4 is 4.74 Å². The molecule has 0 N–H and O–H groups in total. The summed E-state index contributed by atoms with van der Waals surface area (Å²) >= 11 is 0. The Morgan fingerprint density at radius 2 is 1.79 bits per heavy atom. The van der Waals surface area contributed by atoms with Crippen LogP contribution in [0.15, 0.2) is 44.9 Å². The highest BCUT2D eigenvalue weighted by Gasteiger charge is 2.09. The van der Waals surface area contributed by atoms with Gasteiger partial charge in [-0.1, -0.05) is 12.1 Å². The van der Waals surface area contributed by atoms with Gasteiger partial charge in [0.15, 0.2) is 6.17 Å². The molecule has 0 fully saturated rings. The predicted octanol–water partition coefficient (Wildman–Crippen LogP) is 2.40. The molecule has 0 unspecified atom stereocenters. The van der Waals surface area contributed by atoms with Crippen LogP contribution in [0, 0.1) is 0 Å². The van der Waals surface area contributed by atoms with Gasteiger partial charge in [0.25, 0.3) is 0 Å². The van der Waals surface area contributed by atoms with Crippen LogP contribution >= 0.6 is 0 Å². The normalized spacial score (nSPS) is 14.9. The lowest BCUT2D eigenvalue weighted by Gasteiger charge is -2.03. The van der Waals surface area contributed by atoms with Crippen molar-refractivity contribution in [3.63, 3.8) is 0 Å². The Morgan fingerprint density at radius 1 is 1.14 bits per heavy atom. The minimum Gasteiger partial charge on any atom is -0.497 e. The van der Waals surface area contributed by atoms with E-state index in [0.29, 0.717) is 0 Å². The van der Waals surface area contributed by atoms with E-state index in [1.165, 1.54) is 0 Å². The Bertz CT molecular complexity index is 346. The van der Waals surface area contributed by atoms with Crippen molar-refractivity contribution in [2.75, 3.05) is 7.11 Å². The van der Waals surface area contributed by atoms with Gasteiger partial charge in [-0.15, -0.1) is 10.2 Å². The maximum atomic E-state index is 5.06. The maximum Gasteiger partial charge on any atom is 0.189 e. The van der Waals surface area contributed by atoms with Crippen LogP contribution in [0.5, 0.6) is 5.75 Å². The van der Waals surface area contributed by atoms with Crippen molar-refractivity contribution in [3.8, 4) is 5.75 Å². The number of ether oxygens (including phenoxy) is 1. The smallest absolute Gasteiger partial charge is 0.189 e. The highest BCUT2D eigenvalue weighted by atomic mass is 16.5. The third-order valence-electron chi connectivity index (χ3n) is 1.99. The van der Waals surface area contributed by atoms with Gasteiger partial charge in [-0.25, -0.2) is 0 Å². The molecule has 1 aliphatic heterocycles. The average molecular weight is 190 g/mol. The molecule has 0 saturated heterocycles. The fourth-order valence-corrected chi connectivity index (χ4v) is 1.24. The highest BCUT2D eigenvalue weighted by Crippen LogP contribution is 2.15. The molecule has 1 aromatic carbocycles. The molecular weight excluding hydrogens is 180 g/mol. The van der Waals surface area contributed by atoms with E-state index >= 15 is 0 Å². The number of benzene rings is 1. The summed E-state index contributed by atoms with van der Waals surface area (Å²) in [5.74, 6) is 0.850. The maximum absolute atomic E-state index is 5.06. The molecule has 5 heteroatoms. The van der Waals surface area contributed by atoms with Crippen LogP contribution in [0.25, 0.3) is 0 Å². The number of hydrogen-bond acceptors (Lipinski definition) is 5. The molecule has 5 nitrogen and oxygen atoms in total. The van der Waals surface area contributed by atoms with Gasteiger partial charge in [0, 0.05) is 6.42 Å². The van der Waals surface area contributed by atoms with Crippen molar-refractivity contribution in [2.45, 2.75) is 12.6 Å². The van der Waals surface area contributed by atoms with Crippen molar-refractivity contribution >= 4 is 0 Å². The van der Waals surface area contributed by atoms with Crippen LogP contribution in [0.1, 0.15) is 5.56 Å². The molecule has 0 amide bonds. The first kappa shape index (κ1) is 8.80. The van der Waals surface area contributed by atoms with Gasteiger partial charge in [-0.3, -0.25) is 0 Å². The topological polar surface area (TPSA) is 58.7 Å². The second-order valence-electron chi connectivity index (χ2n) is 2.94. The van der Waals surface area contributed by atoms with E-state index in [1.54, 1.807) is 7.11 Å². The Balaban J connectivity index is 2.02. The second kappa shape index (κ2) is 3.95. The number of nitrogens with zero attached hydrogens (tertiary/aromatic N) is 4. The van der Waals surface area contributed by atoms with Gasteiger partial charge >= 0.3 is 0 Å². The van der Waals surface area contributed by atoms with Crippen molar-refractivity contribution < 1.29 is 4.74 Å². The Kier molecular flexibility index (Phi) is 2.48. The molecule has 14 heavy (non-hydrogen) atoms. The summed E-state index contributed by atoms with van der Waals surface area (Å²) in [5.41, 5.74) is 1.15. The number of methoxy groups -OCH3 is 1. The predicted molar refractivity (Wildman–Crippen MR) is 50.2 cm³/mol.